The predicted molar refractivity (Wildman–Crippen MR) is 72.5 cm³/mol. The van der Waals surface area contributed by atoms with Crippen LogP contribution in [0, 0.1) is 5.41 Å². The Bertz CT molecular complexity index is 281. The standard InChI is InChI=1S/C13H26N4O/c1-13(3-4-14-11-13)12(18)15-5-6-17-9-7-16(2)8-10-17/h14H,3-11H2,1-2H3,(H,15,18). The Kier molecular flexibility index (Phi) is 4.59. The Morgan fingerprint density at radius 3 is 2.67 bits per heavy atom. The van der Waals surface area contributed by atoms with Crippen LogP contribution in [-0.4, -0.2) is 75.1 Å². The first-order valence-electron chi connectivity index (χ1n) is 7.00. The van der Waals surface area contributed by atoms with E-state index >= 15 is 0 Å². The highest BCUT2D eigenvalue weighted by molar-refractivity contribution is 5.82. The monoisotopic (exact) mass is 254 g/mol. The van der Waals surface area contributed by atoms with Gasteiger partial charge < -0.3 is 15.5 Å². The van der Waals surface area contributed by atoms with Gasteiger partial charge in [-0.1, -0.05) is 0 Å². The van der Waals surface area contributed by atoms with Crippen LogP contribution in [0.15, 0.2) is 0 Å². The zero-order valence-corrected chi connectivity index (χ0v) is 11.7. The molecule has 1 atom stereocenters. The molecule has 0 aliphatic carbocycles. The SMILES string of the molecule is CN1CCN(CCNC(=O)C2(C)CCNC2)CC1. The summed E-state index contributed by atoms with van der Waals surface area (Å²) < 4.78 is 0. The van der Waals surface area contributed by atoms with Crippen molar-refractivity contribution in [3.05, 3.63) is 0 Å². The van der Waals surface area contributed by atoms with Crippen molar-refractivity contribution < 1.29 is 4.79 Å². The number of rotatable bonds is 4. The number of hydrogen-bond acceptors (Lipinski definition) is 4. The number of piperazine rings is 1. The quantitative estimate of drug-likeness (QED) is 0.700. The zero-order valence-electron chi connectivity index (χ0n) is 11.7. The Balaban J connectivity index is 1.64. The number of nitrogens with zero attached hydrogens (tertiary/aromatic N) is 2. The Hall–Kier alpha value is -0.650. The summed E-state index contributed by atoms with van der Waals surface area (Å²) in [5.41, 5.74) is -0.192. The molecule has 2 rings (SSSR count). The lowest BCUT2D eigenvalue weighted by atomic mass is 9.89. The van der Waals surface area contributed by atoms with Crippen molar-refractivity contribution in [2.24, 2.45) is 5.41 Å². The van der Waals surface area contributed by atoms with E-state index < -0.39 is 0 Å². The van der Waals surface area contributed by atoms with E-state index in [1.165, 1.54) is 0 Å². The molecule has 18 heavy (non-hydrogen) atoms. The van der Waals surface area contributed by atoms with Gasteiger partial charge in [-0.15, -0.1) is 0 Å². The summed E-state index contributed by atoms with van der Waals surface area (Å²) >= 11 is 0. The van der Waals surface area contributed by atoms with Gasteiger partial charge >= 0.3 is 0 Å². The van der Waals surface area contributed by atoms with Gasteiger partial charge in [-0.2, -0.15) is 0 Å². The maximum absolute atomic E-state index is 12.1. The van der Waals surface area contributed by atoms with Gasteiger partial charge in [0, 0.05) is 45.8 Å². The van der Waals surface area contributed by atoms with Gasteiger partial charge in [-0.3, -0.25) is 9.69 Å². The summed E-state index contributed by atoms with van der Waals surface area (Å²) in [6.07, 6.45) is 0.952. The topological polar surface area (TPSA) is 47.6 Å². The summed E-state index contributed by atoms with van der Waals surface area (Å²) in [5.74, 6) is 0.210. The molecule has 2 aliphatic heterocycles. The van der Waals surface area contributed by atoms with Crippen LogP contribution in [0.3, 0.4) is 0 Å². The minimum Gasteiger partial charge on any atom is -0.354 e. The third-order valence-electron chi connectivity index (χ3n) is 4.23. The van der Waals surface area contributed by atoms with Gasteiger partial charge in [0.2, 0.25) is 5.91 Å². The lowest BCUT2D eigenvalue weighted by Gasteiger charge is -2.32. The third kappa shape index (κ3) is 3.43. The summed E-state index contributed by atoms with van der Waals surface area (Å²) in [6.45, 7) is 10.1. The van der Waals surface area contributed by atoms with Crippen molar-refractivity contribution in [2.75, 3.05) is 59.4 Å². The van der Waals surface area contributed by atoms with E-state index in [1.54, 1.807) is 0 Å². The molecule has 1 amide bonds. The average Bonchev–Trinajstić information content (AvgIpc) is 2.80. The summed E-state index contributed by atoms with van der Waals surface area (Å²) in [5, 5.41) is 6.35. The molecule has 0 aromatic heterocycles. The van der Waals surface area contributed by atoms with Crippen LogP contribution in [0.5, 0.6) is 0 Å². The Morgan fingerprint density at radius 1 is 1.33 bits per heavy atom. The van der Waals surface area contributed by atoms with Crippen LogP contribution in [0.2, 0.25) is 0 Å². The van der Waals surface area contributed by atoms with Crippen LogP contribution in [0.1, 0.15) is 13.3 Å². The molecular weight excluding hydrogens is 228 g/mol. The van der Waals surface area contributed by atoms with E-state index in [9.17, 15) is 4.79 Å². The molecule has 0 spiro atoms. The third-order valence-corrected chi connectivity index (χ3v) is 4.23. The van der Waals surface area contributed by atoms with E-state index in [1.807, 2.05) is 0 Å². The molecule has 0 radical (unpaired) electrons. The van der Waals surface area contributed by atoms with Gasteiger partial charge in [0.15, 0.2) is 0 Å². The van der Waals surface area contributed by atoms with Gasteiger partial charge in [-0.25, -0.2) is 0 Å². The largest absolute Gasteiger partial charge is 0.354 e. The van der Waals surface area contributed by atoms with Crippen LogP contribution in [0.4, 0.5) is 0 Å². The van der Waals surface area contributed by atoms with Crippen molar-refractivity contribution in [1.82, 2.24) is 20.4 Å². The summed E-state index contributed by atoms with van der Waals surface area (Å²) in [6, 6.07) is 0. The molecule has 0 saturated carbocycles. The number of amides is 1. The highest BCUT2D eigenvalue weighted by Crippen LogP contribution is 2.24. The van der Waals surface area contributed by atoms with E-state index in [0.717, 1.165) is 58.8 Å². The first-order chi connectivity index (χ1) is 8.60. The summed E-state index contributed by atoms with van der Waals surface area (Å²) in [7, 11) is 2.16. The molecule has 1 unspecified atom stereocenters. The van der Waals surface area contributed by atoms with Crippen molar-refractivity contribution in [3.8, 4) is 0 Å². The molecular formula is C13H26N4O. The lowest BCUT2D eigenvalue weighted by Crippen LogP contribution is -2.48. The van der Waals surface area contributed by atoms with E-state index in [0.29, 0.717) is 0 Å². The zero-order chi connectivity index (χ0) is 13.0. The molecule has 2 N–H and O–H groups in total. The second-order valence-corrected chi connectivity index (χ2v) is 5.89. The molecule has 2 saturated heterocycles. The Labute approximate surface area is 110 Å². The first-order valence-corrected chi connectivity index (χ1v) is 7.00. The predicted octanol–water partition coefficient (Wildman–Crippen LogP) is -0.650. The van der Waals surface area contributed by atoms with E-state index in [2.05, 4.69) is 34.4 Å². The fraction of sp³-hybridized carbons (Fsp3) is 0.923. The van der Waals surface area contributed by atoms with Crippen molar-refractivity contribution in [2.45, 2.75) is 13.3 Å². The lowest BCUT2D eigenvalue weighted by molar-refractivity contribution is -0.129. The van der Waals surface area contributed by atoms with Gasteiger partial charge in [0.1, 0.15) is 0 Å². The molecule has 2 fully saturated rings. The number of carbonyl (C=O) groups excluding carboxylic acids is 1. The highest BCUT2D eigenvalue weighted by Gasteiger charge is 2.35. The normalized spacial score (nSPS) is 30.6. The van der Waals surface area contributed by atoms with Crippen molar-refractivity contribution in [1.29, 1.82) is 0 Å². The van der Waals surface area contributed by atoms with Gasteiger partial charge in [-0.05, 0) is 26.9 Å². The number of likely N-dealkylation sites (N-methyl/N-ethyl adjacent to an activating group) is 1. The maximum atomic E-state index is 12.1. The fourth-order valence-electron chi connectivity index (χ4n) is 2.62. The minimum atomic E-state index is -0.192. The second-order valence-electron chi connectivity index (χ2n) is 5.89. The minimum absolute atomic E-state index is 0.192. The van der Waals surface area contributed by atoms with Crippen molar-refractivity contribution >= 4 is 5.91 Å². The maximum Gasteiger partial charge on any atom is 0.227 e. The molecule has 5 heteroatoms. The number of nitrogens with one attached hydrogen (secondary N) is 2. The van der Waals surface area contributed by atoms with Crippen LogP contribution in [0.25, 0.3) is 0 Å². The van der Waals surface area contributed by atoms with Gasteiger partial charge in [0.05, 0.1) is 5.41 Å². The van der Waals surface area contributed by atoms with Crippen LogP contribution in [-0.2, 0) is 4.79 Å². The first kappa shape index (κ1) is 13.8. The molecule has 2 aliphatic rings. The fourth-order valence-corrected chi connectivity index (χ4v) is 2.62. The number of carbonyl (C=O) groups is 1. The second kappa shape index (κ2) is 5.99. The van der Waals surface area contributed by atoms with Crippen LogP contribution < -0.4 is 10.6 Å². The number of hydrogen-bond donors (Lipinski definition) is 2. The molecule has 0 aromatic rings. The molecule has 0 aromatic carbocycles. The molecule has 2 heterocycles. The van der Waals surface area contributed by atoms with E-state index in [-0.39, 0.29) is 11.3 Å². The molecule has 104 valence electrons. The average molecular weight is 254 g/mol. The van der Waals surface area contributed by atoms with Crippen molar-refractivity contribution in [3.63, 3.8) is 0 Å². The smallest absolute Gasteiger partial charge is 0.227 e. The van der Waals surface area contributed by atoms with Gasteiger partial charge in [0.25, 0.3) is 0 Å². The molecule has 0 bridgehead atoms. The summed E-state index contributed by atoms with van der Waals surface area (Å²) in [4.78, 5) is 16.9. The van der Waals surface area contributed by atoms with Crippen LogP contribution >= 0.6 is 0 Å². The molecule has 5 nitrogen and oxygen atoms in total. The Morgan fingerprint density at radius 2 is 2.06 bits per heavy atom. The highest BCUT2D eigenvalue weighted by atomic mass is 16.2. The van der Waals surface area contributed by atoms with E-state index in [4.69, 9.17) is 0 Å².